The SMILES string of the molecule is Cc1c(C(C)NC(=O)CCCOc2ccc3c(c2)CCC(=O)N3)oc2ccccc12. The largest absolute Gasteiger partial charge is 0.494 e. The molecule has 1 atom stereocenters. The van der Waals surface area contributed by atoms with Gasteiger partial charge in [-0.15, -0.1) is 0 Å². The summed E-state index contributed by atoms with van der Waals surface area (Å²) in [5.74, 6) is 1.58. The first-order valence-electron chi connectivity index (χ1n) is 10.3. The summed E-state index contributed by atoms with van der Waals surface area (Å²) in [6, 6.07) is 13.4. The third-order valence-electron chi connectivity index (χ3n) is 5.44. The van der Waals surface area contributed by atoms with E-state index >= 15 is 0 Å². The molecule has 2 aromatic carbocycles. The van der Waals surface area contributed by atoms with E-state index in [1.54, 1.807) is 0 Å². The van der Waals surface area contributed by atoms with Crippen LogP contribution >= 0.6 is 0 Å². The predicted molar refractivity (Wildman–Crippen MR) is 116 cm³/mol. The molecule has 3 aromatic rings. The quantitative estimate of drug-likeness (QED) is 0.559. The summed E-state index contributed by atoms with van der Waals surface area (Å²) in [7, 11) is 0. The van der Waals surface area contributed by atoms with Crippen molar-refractivity contribution in [2.24, 2.45) is 0 Å². The number of aryl methyl sites for hydroxylation is 2. The van der Waals surface area contributed by atoms with Crippen LogP contribution in [0, 0.1) is 6.92 Å². The lowest BCUT2D eigenvalue weighted by Crippen LogP contribution is -2.26. The number of benzene rings is 2. The van der Waals surface area contributed by atoms with Crippen molar-refractivity contribution < 1.29 is 18.7 Å². The van der Waals surface area contributed by atoms with E-state index in [1.165, 1.54) is 0 Å². The van der Waals surface area contributed by atoms with E-state index in [1.807, 2.05) is 56.3 Å². The van der Waals surface area contributed by atoms with Gasteiger partial charge in [0.15, 0.2) is 0 Å². The second-order valence-electron chi connectivity index (χ2n) is 7.70. The molecule has 2 amide bonds. The standard InChI is InChI=1S/C24H26N2O4/c1-15-19-6-3-4-7-21(19)30-24(15)16(2)25-22(27)8-5-13-29-18-10-11-20-17(14-18)9-12-23(28)26-20/h3-4,6-7,10-11,14,16H,5,8-9,12-13H2,1-2H3,(H,25,27)(H,26,28). The van der Waals surface area contributed by atoms with Crippen LogP contribution in [0.25, 0.3) is 11.0 Å². The molecule has 4 rings (SSSR count). The first-order chi connectivity index (χ1) is 14.5. The molecule has 1 aromatic heterocycles. The molecule has 0 fully saturated rings. The highest BCUT2D eigenvalue weighted by molar-refractivity contribution is 5.94. The second kappa shape index (κ2) is 8.61. The fourth-order valence-electron chi connectivity index (χ4n) is 3.86. The van der Waals surface area contributed by atoms with Crippen LogP contribution in [0.1, 0.15) is 49.1 Å². The van der Waals surface area contributed by atoms with Gasteiger partial charge in [0.2, 0.25) is 11.8 Å². The number of para-hydroxylation sites is 1. The summed E-state index contributed by atoms with van der Waals surface area (Å²) in [6.07, 6.45) is 2.22. The molecule has 2 heterocycles. The highest BCUT2D eigenvalue weighted by atomic mass is 16.5. The van der Waals surface area contributed by atoms with E-state index < -0.39 is 0 Å². The lowest BCUT2D eigenvalue weighted by molar-refractivity contribution is -0.122. The van der Waals surface area contributed by atoms with Crippen LogP contribution in [0.2, 0.25) is 0 Å². The Morgan fingerprint density at radius 3 is 2.90 bits per heavy atom. The summed E-state index contributed by atoms with van der Waals surface area (Å²) < 4.78 is 11.7. The highest BCUT2D eigenvalue weighted by Crippen LogP contribution is 2.29. The molecule has 0 bridgehead atoms. The Hall–Kier alpha value is -3.28. The normalized spacial score (nSPS) is 14.1. The van der Waals surface area contributed by atoms with Crippen LogP contribution in [0.3, 0.4) is 0 Å². The van der Waals surface area contributed by atoms with Crippen LogP contribution in [0.4, 0.5) is 5.69 Å². The summed E-state index contributed by atoms with van der Waals surface area (Å²) in [5, 5.41) is 6.95. The van der Waals surface area contributed by atoms with Gasteiger partial charge < -0.3 is 19.8 Å². The number of carbonyl (C=O) groups is 2. The van der Waals surface area contributed by atoms with Gasteiger partial charge in [-0.2, -0.15) is 0 Å². The van der Waals surface area contributed by atoms with Crippen molar-refractivity contribution in [3.63, 3.8) is 0 Å². The number of carbonyl (C=O) groups excluding carboxylic acids is 2. The lowest BCUT2D eigenvalue weighted by Gasteiger charge is -2.17. The number of rotatable bonds is 7. The summed E-state index contributed by atoms with van der Waals surface area (Å²) in [4.78, 5) is 23.8. The molecule has 1 aliphatic heterocycles. The van der Waals surface area contributed by atoms with Crippen molar-refractivity contribution in [3.05, 3.63) is 59.4 Å². The van der Waals surface area contributed by atoms with Crippen molar-refractivity contribution in [2.75, 3.05) is 11.9 Å². The van der Waals surface area contributed by atoms with Crippen LogP contribution < -0.4 is 15.4 Å². The van der Waals surface area contributed by atoms with Gasteiger partial charge in [0.25, 0.3) is 0 Å². The third kappa shape index (κ3) is 4.32. The Labute approximate surface area is 175 Å². The van der Waals surface area contributed by atoms with E-state index in [0.717, 1.165) is 45.7 Å². The molecule has 0 spiro atoms. The Morgan fingerprint density at radius 1 is 1.23 bits per heavy atom. The number of anilines is 1. The fraction of sp³-hybridized carbons (Fsp3) is 0.333. The van der Waals surface area contributed by atoms with Crippen molar-refractivity contribution in [2.45, 2.75) is 45.6 Å². The Bertz CT molecular complexity index is 1090. The number of ether oxygens (including phenoxy) is 1. The summed E-state index contributed by atoms with van der Waals surface area (Å²) in [5.41, 5.74) is 3.84. The van der Waals surface area contributed by atoms with Gasteiger partial charge in [-0.1, -0.05) is 18.2 Å². The van der Waals surface area contributed by atoms with Crippen LogP contribution in [-0.4, -0.2) is 18.4 Å². The second-order valence-corrected chi connectivity index (χ2v) is 7.70. The maximum Gasteiger partial charge on any atom is 0.224 e. The monoisotopic (exact) mass is 406 g/mol. The minimum absolute atomic E-state index is 0.0286. The molecule has 6 nitrogen and oxygen atoms in total. The molecule has 2 N–H and O–H groups in total. The molecular formula is C24H26N2O4. The van der Waals surface area contributed by atoms with Crippen LogP contribution in [0.5, 0.6) is 5.75 Å². The third-order valence-corrected chi connectivity index (χ3v) is 5.44. The zero-order valence-corrected chi connectivity index (χ0v) is 17.3. The Balaban J connectivity index is 1.25. The van der Waals surface area contributed by atoms with Crippen LogP contribution in [-0.2, 0) is 16.0 Å². The zero-order valence-electron chi connectivity index (χ0n) is 17.3. The van der Waals surface area contributed by atoms with Crippen molar-refractivity contribution in [1.82, 2.24) is 5.32 Å². The number of nitrogens with one attached hydrogen (secondary N) is 2. The average Bonchev–Trinajstić information content (AvgIpc) is 3.08. The molecule has 0 saturated carbocycles. The van der Waals surface area contributed by atoms with Crippen molar-refractivity contribution in [1.29, 1.82) is 0 Å². The first kappa shape index (κ1) is 20.0. The topological polar surface area (TPSA) is 80.6 Å². The van der Waals surface area contributed by atoms with Crippen molar-refractivity contribution >= 4 is 28.5 Å². The lowest BCUT2D eigenvalue weighted by atomic mass is 10.0. The molecule has 0 radical (unpaired) electrons. The van der Waals surface area contributed by atoms with Crippen molar-refractivity contribution in [3.8, 4) is 5.75 Å². The number of hydrogen-bond acceptors (Lipinski definition) is 4. The van der Waals surface area contributed by atoms with Gasteiger partial charge in [-0.05, 0) is 56.5 Å². The van der Waals surface area contributed by atoms with E-state index in [2.05, 4.69) is 10.6 Å². The molecule has 0 aliphatic carbocycles. The minimum atomic E-state index is -0.193. The molecular weight excluding hydrogens is 380 g/mol. The van der Waals surface area contributed by atoms with Crippen LogP contribution in [0.15, 0.2) is 46.9 Å². The van der Waals surface area contributed by atoms with Gasteiger partial charge in [0.05, 0.1) is 12.6 Å². The predicted octanol–water partition coefficient (Wildman–Crippen LogP) is 4.66. The minimum Gasteiger partial charge on any atom is -0.494 e. The van der Waals surface area contributed by atoms with E-state index in [-0.39, 0.29) is 17.9 Å². The van der Waals surface area contributed by atoms with Gasteiger partial charge in [0, 0.05) is 29.5 Å². The van der Waals surface area contributed by atoms with E-state index in [0.29, 0.717) is 25.9 Å². The zero-order chi connectivity index (χ0) is 21.1. The number of hydrogen-bond donors (Lipinski definition) is 2. The van der Waals surface area contributed by atoms with E-state index in [4.69, 9.17) is 9.15 Å². The van der Waals surface area contributed by atoms with Gasteiger partial charge in [0.1, 0.15) is 17.1 Å². The molecule has 6 heteroatoms. The number of amides is 2. The Kier molecular flexibility index (Phi) is 5.74. The van der Waals surface area contributed by atoms with Gasteiger partial charge in [-0.3, -0.25) is 9.59 Å². The number of furan rings is 1. The van der Waals surface area contributed by atoms with Gasteiger partial charge >= 0.3 is 0 Å². The highest BCUT2D eigenvalue weighted by Gasteiger charge is 2.18. The average molecular weight is 406 g/mol. The smallest absolute Gasteiger partial charge is 0.224 e. The Morgan fingerprint density at radius 2 is 2.07 bits per heavy atom. The molecule has 0 saturated heterocycles. The molecule has 156 valence electrons. The fourth-order valence-corrected chi connectivity index (χ4v) is 3.86. The van der Waals surface area contributed by atoms with E-state index in [9.17, 15) is 9.59 Å². The summed E-state index contributed by atoms with van der Waals surface area (Å²) >= 11 is 0. The molecule has 1 aliphatic rings. The number of fused-ring (bicyclic) bond motifs is 2. The summed E-state index contributed by atoms with van der Waals surface area (Å²) in [6.45, 7) is 4.41. The maximum atomic E-state index is 12.3. The molecule has 1 unspecified atom stereocenters. The maximum absolute atomic E-state index is 12.3. The van der Waals surface area contributed by atoms with Gasteiger partial charge in [-0.25, -0.2) is 0 Å². The first-order valence-corrected chi connectivity index (χ1v) is 10.3. The molecule has 30 heavy (non-hydrogen) atoms.